The highest BCUT2D eigenvalue weighted by Crippen LogP contribution is 2.12. The summed E-state index contributed by atoms with van der Waals surface area (Å²) in [4.78, 5) is 14.4. The van der Waals surface area contributed by atoms with E-state index in [1.54, 1.807) is 12.1 Å². The van der Waals surface area contributed by atoms with Crippen LogP contribution in [0.2, 0.25) is 5.02 Å². The Balaban J connectivity index is 1.81. The quantitative estimate of drug-likeness (QED) is 0.742. The number of benzene rings is 2. The predicted molar refractivity (Wildman–Crippen MR) is 86.7 cm³/mol. The standard InChI is InChI=1S/C16H15ClN4O/c1-20(10-12-5-4-6-13(17)9-12)11-21-16(22)14-7-2-3-8-15(14)18-19-21/h2-9H,10-11H2,1H3. The molecule has 0 saturated carbocycles. The van der Waals surface area contributed by atoms with Crippen molar-refractivity contribution in [1.82, 2.24) is 19.9 Å². The topological polar surface area (TPSA) is 51.0 Å². The van der Waals surface area contributed by atoms with Crippen molar-refractivity contribution in [2.45, 2.75) is 13.2 Å². The molecule has 3 aromatic rings. The van der Waals surface area contributed by atoms with E-state index in [9.17, 15) is 4.79 Å². The summed E-state index contributed by atoms with van der Waals surface area (Å²) in [6.07, 6.45) is 0. The second-order valence-corrected chi connectivity index (χ2v) is 5.63. The van der Waals surface area contributed by atoms with E-state index in [0.29, 0.717) is 29.1 Å². The highest BCUT2D eigenvalue weighted by molar-refractivity contribution is 6.30. The van der Waals surface area contributed by atoms with Crippen LogP contribution >= 0.6 is 11.6 Å². The van der Waals surface area contributed by atoms with Gasteiger partial charge in [-0.2, -0.15) is 4.68 Å². The van der Waals surface area contributed by atoms with E-state index in [-0.39, 0.29) is 5.56 Å². The van der Waals surface area contributed by atoms with E-state index in [1.165, 1.54) is 4.68 Å². The number of hydrogen-bond donors (Lipinski definition) is 0. The zero-order valence-corrected chi connectivity index (χ0v) is 12.9. The van der Waals surface area contributed by atoms with Gasteiger partial charge in [0.25, 0.3) is 5.56 Å². The summed E-state index contributed by atoms with van der Waals surface area (Å²) >= 11 is 5.98. The van der Waals surface area contributed by atoms with Crippen molar-refractivity contribution in [3.8, 4) is 0 Å². The van der Waals surface area contributed by atoms with Gasteiger partial charge < -0.3 is 0 Å². The molecule has 6 heteroatoms. The molecule has 1 heterocycles. The normalized spacial score (nSPS) is 11.2. The van der Waals surface area contributed by atoms with Gasteiger partial charge in [-0.15, -0.1) is 5.10 Å². The summed E-state index contributed by atoms with van der Waals surface area (Å²) in [7, 11) is 1.92. The molecule has 0 saturated heterocycles. The summed E-state index contributed by atoms with van der Waals surface area (Å²) < 4.78 is 1.37. The van der Waals surface area contributed by atoms with Gasteiger partial charge in [-0.05, 0) is 36.9 Å². The Bertz CT molecular complexity index is 862. The minimum absolute atomic E-state index is 0.136. The minimum Gasteiger partial charge on any atom is -0.283 e. The Labute approximate surface area is 132 Å². The largest absolute Gasteiger partial charge is 0.283 e. The molecular formula is C16H15ClN4O. The number of rotatable bonds is 4. The molecule has 0 radical (unpaired) electrons. The van der Waals surface area contributed by atoms with Crippen molar-refractivity contribution in [1.29, 1.82) is 0 Å². The first-order valence-electron chi connectivity index (χ1n) is 6.89. The summed E-state index contributed by atoms with van der Waals surface area (Å²) in [6, 6.07) is 14.9. The fourth-order valence-corrected chi connectivity index (χ4v) is 2.55. The third-order valence-electron chi connectivity index (χ3n) is 3.35. The zero-order chi connectivity index (χ0) is 15.5. The van der Waals surface area contributed by atoms with Gasteiger partial charge in [-0.3, -0.25) is 9.69 Å². The Morgan fingerprint density at radius 2 is 2.00 bits per heavy atom. The van der Waals surface area contributed by atoms with Crippen molar-refractivity contribution < 1.29 is 0 Å². The van der Waals surface area contributed by atoms with Gasteiger partial charge in [0.2, 0.25) is 0 Å². The van der Waals surface area contributed by atoms with Crippen LogP contribution in [0.4, 0.5) is 0 Å². The molecule has 0 N–H and O–H groups in total. The van der Waals surface area contributed by atoms with Crippen molar-refractivity contribution in [2.24, 2.45) is 0 Å². The fraction of sp³-hybridized carbons (Fsp3) is 0.188. The molecule has 112 valence electrons. The third-order valence-corrected chi connectivity index (χ3v) is 3.58. The van der Waals surface area contributed by atoms with E-state index < -0.39 is 0 Å². The molecule has 0 aliphatic carbocycles. The lowest BCUT2D eigenvalue weighted by atomic mass is 10.2. The molecule has 0 spiro atoms. The van der Waals surface area contributed by atoms with Crippen LogP contribution in [0.3, 0.4) is 0 Å². The molecular weight excluding hydrogens is 300 g/mol. The zero-order valence-electron chi connectivity index (χ0n) is 12.1. The lowest BCUT2D eigenvalue weighted by Gasteiger charge is -2.17. The molecule has 0 aliphatic heterocycles. The van der Waals surface area contributed by atoms with Gasteiger partial charge >= 0.3 is 0 Å². The summed E-state index contributed by atoms with van der Waals surface area (Å²) in [5, 5.41) is 9.35. The van der Waals surface area contributed by atoms with Gasteiger partial charge in [-0.25, -0.2) is 0 Å². The van der Waals surface area contributed by atoms with Crippen LogP contribution in [0.25, 0.3) is 10.9 Å². The first-order chi connectivity index (χ1) is 10.6. The second kappa shape index (κ2) is 6.25. The van der Waals surface area contributed by atoms with Gasteiger partial charge in [-0.1, -0.05) is 41.1 Å². The summed E-state index contributed by atoms with van der Waals surface area (Å²) in [5.41, 5.74) is 1.56. The Kier molecular flexibility index (Phi) is 4.18. The average Bonchev–Trinajstić information content (AvgIpc) is 2.50. The van der Waals surface area contributed by atoms with Crippen LogP contribution in [0.5, 0.6) is 0 Å². The molecule has 5 nitrogen and oxygen atoms in total. The molecule has 2 aromatic carbocycles. The summed E-state index contributed by atoms with van der Waals surface area (Å²) in [6.45, 7) is 1.03. The highest BCUT2D eigenvalue weighted by atomic mass is 35.5. The predicted octanol–water partition coefficient (Wildman–Crippen LogP) is 2.53. The van der Waals surface area contributed by atoms with E-state index in [1.807, 2.05) is 48.3 Å². The number of fused-ring (bicyclic) bond motifs is 1. The molecule has 1 aromatic heterocycles. The molecule has 3 rings (SSSR count). The van der Waals surface area contributed by atoms with E-state index in [4.69, 9.17) is 11.6 Å². The summed E-state index contributed by atoms with van der Waals surface area (Å²) in [5.74, 6) is 0. The van der Waals surface area contributed by atoms with Crippen LogP contribution in [-0.2, 0) is 13.2 Å². The molecule has 0 atom stereocenters. The maximum absolute atomic E-state index is 12.4. The van der Waals surface area contributed by atoms with E-state index >= 15 is 0 Å². The van der Waals surface area contributed by atoms with Crippen LogP contribution in [-0.4, -0.2) is 26.9 Å². The first kappa shape index (κ1) is 14.7. The van der Waals surface area contributed by atoms with Gasteiger partial charge in [0.05, 0.1) is 12.1 Å². The van der Waals surface area contributed by atoms with Crippen LogP contribution < -0.4 is 5.56 Å². The van der Waals surface area contributed by atoms with Crippen LogP contribution in [0.1, 0.15) is 5.56 Å². The number of hydrogen-bond acceptors (Lipinski definition) is 4. The van der Waals surface area contributed by atoms with Crippen molar-refractivity contribution >= 4 is 22.5 Å². The monoisotopic (exact) mass is 314 g/mol. The second-order valence-electron chi connectivity index (χ2n) is 5.20. The Morgan fingerprint density at radius 3 is 2.82 bits per heavy atom. The first-order valence-corrected chi connectivity index (χ1v) is 7.27. The van der Waals surface area contributed by atoms with Gasteiger partial charge in [0.15, 0.2) is 0 Å². The number of halogens is 1. The smallest absolute Gasteiger partial charge is 0.278 e. The molecule has 0 unspecified atom stereocenters. The molecule has 22 heavy (non-hydrogen) atoms. The van der Waals surface area contributed by atoms with Gasteiger partial charge in [0, 0.05) is 11.6 Å². The lowest BCUT2D eigenvalue weighted by Crippen LogP contribution is -2.32. The molecule has 0 amide bonds. The van der Waals surface area contributed by atoms with Crippen molar-refractivity contribution in [2.75, 3.05) is 7.05 Å². The average molecular weight is 315 g/mol. The maximum Gasteiger partial charge on any atom is 0.278 e. The fourth-order valence-electron chi connectivity index (χ4n) is 2.34. The Morgan fingerprint density at radius 1 is 1.18 bits per heavy atom. The SMILES string of the molecule is CN(Cc1cccc(Cl)c1)Cn1nnc2ccccc2c1=O. The lowest BCUT2D eigenvalue weighted by molar-refractivity contribution is 0.236. The minimum atomic E-state index is -0.136. The molecule has 0 bridgehead atoms. The molecule has 0 fully saturated rings. The third kappa shape index (κ3) is 3.16. The van der Waals surface area contributed by atoms with Crippen molar-refractivity contribution in [3.63, 3.8) is 0 Å². The van der Waals surface area contributed by atoms with E-state index in [2.05, 4.69) is 10.3 Å². The number of nitrogens with zero attached hydrogens (tertiary/aromatic N) is 4. The van der Waals surface area contributed by atoms with E-state index in [0.717, 1.165) is 5.56 Å². The number of aromatic nitrogens is 3. The highest BCUT2D eigenvalue weighted by Gasteiger charge is 2.08. The van der Waals surface area contributed by atoms with Crippen molar-refractivity contribution in [3.05, 3.63) is 69.5 Å². The van der Waals surface area contributed by atoms with Gasteiger partial charge in [0.1, 0.15) is 5.52 Å². The van der Waals surface area contributed by atoms with Crippen LogP contribution in [0.15, 0.2) is 53.3 Å². The maximum atomic E-state index is 12.4. The van der Waals surface area contributed by atoms with Crippen LogP contribution in [0, 0.1) is 0 Å². The Hall–Kier alpha value is -2.24. The molecule has 0 aliphatic rings.